The zero-order valence-electron chi connectivity index (χ0n) is 20.6. The van der Waals surface area contributed by atoms with Crippen LogP contribution in [0.4, 0.5) is 0 Å². The zero-order chi connectivity index (χ0) is 22.3. The van der Waals surface area contributed by atoms with Gasteiger partial charge in [0.2, 0.25) is 0 Å². The normalized spacial score (nSPS) is 53.1. The van der Waals surface area contributed by atoms with E-state index in [-0.39, 0.29) is 21.7 Å². The van der Waals surface area contributed by atoms with Gasteiger partial charge >= 0.3 is 0 Å². The van der Waals surface area contributed by atoms with E-state index in [2.05, 4.69) is 75.1 Å². The van der Waals surface area contributed by atoms with Gasteiger partial charge in [0.1, 0.15) is 0 Å². The molecule has 0 N–H and O–H groups in total. The third-order valence-corrected chi connectivity index (χ3v) is 10.8. The van der Waals surface area contributed by atoms with Crippen LogP contribution in [-0.2, 0) is 0 Å². The van der Waals surface area contributed by atoms with Crippen molar-refractivity contribution in [2.75, 3.05) is 0 Å². The molecule has 8 aliphatic rings. The molecule has 166 valence electrons. The maximum Gasteiger partial charge on any atom is 0.0337 e. The largest absolute Gasteiger partial charge is 0.106 e. The van der Waals surface area contributed by atoms with Crippen molar-refractivity contribution in [1.82, 2.24) is 0 Å². The molecule has 0 saturated heterocycles. The van der Waals surface area contributed by atoms with Crippen molar-refractivity contribution in [1.29, 1.82) is 0 Å². The molecule has 32 heavy (non-hydrogen) atoms. The maximum absolute atomic E-state index is 3.83. The summed E-state index contributed by atoms with van der Waals surface area (Å²) in [4.78, 5) is 0. The van der Waals surface area contributed by atoms with Crippen molar-refractivity contribution in [3.05, 3.63) is 0 Å². The molecule has 0 aromatic heterocycles. The minimum atomic E-state index is 0.203. The van der Waals surface area contributed by atoms with Crippen LogP contribution in [0, 0.1) is 91.7 Å². The highest BCUT2D eigenvalue weighted by Gasteiger charge is 2.73. The summed E-state index contributed by atoms with van der Waals surface area (Å²) in [5.41, 5.74) is 1.59. The molecule has 0 aromatic rings. The summed E-state index contributed by atoms with van der Waals surface area (Å²) in [5.74, 6) is 30.5. The van der Waals surface area contributed by atoms with Gasteiger partial charge in [-0.15, -0.1) is 23.7 Å². The van der Waals surface area contributed by atoms with Gasteiger partial charge in [-0.3, -0.25) is 0 Å². The molecule has 0 amide bonds. The fraction of sp³-hybridized carbons (Fsp3) is 0.750. The molecule has 8 bridgehead atoms. The van der Waals surface area contributed by atoms with Gasteiger partial charge in [-0.05, 0) is 127 Å². The Kier molecular flexibility index (Phi) is 4.18. The van der Waals surface area contributed by atoms with Gasteiger partial charge in [0.25, 0.3) is 0 Å². The fourth-order valence-electron chi connectivity index (χ4n) is 11.7. The van der Waals surface area contributed by atoms with Crippen molar-refractivity contribution in [3.8, 4) is 47.4 Å². The molecule has 0 spiro atoms. The predicted molar refractivity (Wildman–Crippen MR) is 131 cm³/mol. The van der Waals surface area contributed by atoms with Crippen LogP contribution in [0.5, 0.6) is 0 Å². The highest BCUT2D eigenvalue weighted by atomic mass is 14.8. The summed E-state index contributed by atoms with van der Waals surface area (Å²) < 4.78 is 0. The van der Waals surface area contributed by atoms with Gasteiger partial charge in [0.05, 0.1) is 0 Å². The first-order chi connectivity index (χ1) is 15.3. The highest BCUT2D eigenvalue weighted by Crippen LogP contribution is 2.81. The van der Waals surface area contributed by atoms with Crippen LogP contribution in [0.25, 0.3) is 0 Å². The monoisotopic (exact) mass is 422 g/mol. The number of hydrogen-bond donors (Lipinski definition) is 0. The Labute approximate surface area is 196 Å². The number of rotatable bonds is 1. The summed E-state index contributed by atoms with van der Waals surface area (Å²) in [7, 11) is 0. The quantitative estimate of drug-likeness (QED) is 0.399. The van der Waals surface area contributed by atoms with Crippen molar-refractivity contribution in [3.63, 3.8) is 0 Å². The van der Waals surface area contributed by atoms with Crippen molar-refractivity contribution >= 4 is 0 Å². The van der Waals surface area contributed by atoms with Crippen LogP contribution >= 0.6 is 0 Å². The third kappa shape index (κ3) is 2.63. The topological polar surface area (TPSA) is 0 Å². The smallest absolute Gasteiger partial charge is 0.0337 e. The van der Waals surface area contributed by atoms with Crippen LogP contribution in [0.3, 0.4) is 0 Å². The Bertz CT molecular complexity index is 941. The molecule has 4 atom stereocenters. The molecule has 8 saturated carbocycles. The van der Waals surface area contributed by atoms with Gasteiger partial charge in [-0.25, -0.2) is 0 Å². The first kappa shape index (κ1) is 20.8. The molecule has 0 heteroatoms. The molecule has 0 aromatic carbocycles. The summed E-state index contributed by atoms with van der Waals surface area (Å²) in [6.07, 6.45) is 15.9. The lowest BCUT2D eigenvalue weighted by molar-refractivity contribution is -0.241. The molecule has 8 fully saturated rings. The standard InChI is InChI=1S/C32H38/c1-5-9-27-13-25-14-28(19-27,10-6-2)22-31(17-25,21-27)32-18-26-15-29(23-32,11-7-3)20-30(16-26,24-32)12-8-4/h25-26H,13-24H2,1-4H3. The highest BCUT2D eigenvalue weighted by molar-refractivity contribution is 5.35. The molecule has 0 nitrogen and oxygen atoms in total. The van der Waals surface area contributed by atoms with Gasteiger partial charge < -0.3 is 0 Å². The summed E-state index contributed by atoms with van der Waals surface area (Å²) in [6, 6.07) is 0. The Morgan fingerprint density at radius 1 is 0.406 bits per heavy atom. The van der Waals surface area contributed by atoms with Crippen molar-refractivity contribution in [2.45, 2.75) is 105 Å². The lowest BCUT2D eigenvalue weighted by atomic mass is 9.28. The van der Waals surface area contributed by atoms with Gasteiger partial charge in [-0.2, -0.15) is 0 Å². The van der Waals surface area contributed by atoms with Crippen molar-refractivity contribution in [2.24, 2.45) is 44.3 Å². The molecule has 0 heterocycles. The maximum atomic E-state index is 3.83. The van der Waals surface area contributed by atoms with E-state index in [0.717, 1.165) is 11.8 Å². The van der Waals surface area contributed by atoms with E-state index in [1.54, 1.807) is 0 Å². The van der Waals surface area contributed by atoms with E-state index in [9.17, 15) is 0 Å². The lowest BCUT2D eigenvalue weighted by Crippen LogP contribution is -2.67. The first-order valence-electron chi connectivity index (χ1n) is 13.1. The zero-order valence-corrected chi connectivity index (χ0v) is 20.6. The molecular weight excluding hydrogens is 384 g/mol. The van der Waals surface area contributed by atoms with Crippen LogP contribution < -0.4 is 0 Å². The van der Waals surface area contributed by atoms with E-state index in [4.69, 9.17) is 0 Å². The minimum absolute atomic E-state index is 0.203. The van der Waals surface area contributed by atoms with Crippen molar-refractivity contribution < 1.29 is 0 Å². The molecule has 4 unspecified atom stereocenters. The lowest BCUT2D eigenvalue weighted by Gasteiger charge is -2.75. The Morgan fingerprint density at radius 3 is 0.938 bits per heavy atom. The Hall–Kier alpha value is -1.76. The van der Waals surface area contributed by atoms with E-state index >= 15 is 0 Å². The van der Waals surface area contributed by atoms with Gasteiger partial charge in [0.15, 0.2) is 0 Å². The average molecular weight is 423 g/mol. The Balaban J connectivity index is 1.53. The third-order valence-electron chi connectivity index (χ3n) is 10.8. The molecule has 8 rings (SSSR count). The first-order valence-corrected chi connectivity index (χ1v) is 13.1. The van der Waals surface area contributed by atoms with E-state index in [1.165, 1.54) is 77.0 Å². The van der Waals surface area contributed by atoms with E-state index < -0.39 is 0 Å². The molecule has 0 aliphatic heterocycles. The second-order valence-electron chi connectivity index (χ2n) is 13.2. The predicted octanol–water partition coefficient (Wildman–Crippen LogP) is 6.99. The molecular formula is C32H38. The van der Waals surface area contributed by atoms with E-state index in [0.29, 0.717) is 10.8 Å². The van der Waals surface area contributed by atoms with Crippen LogP contribution in [0.2, 0.25) is 0 Å². The van der Waals surface area contributed by atoms with Crippen LogP contribution in [-0.4, -0.2) is 0 Å². The SMILES string of the molecule is CC#CC12CC3CC(C#CC)(C1)CC(C14CC5CC(C#CC)(CC(C#CC)(C5)C1)C4)(C3)C2. The second-order valence-corrected chi connectivity index (χ2v) is 13.2. The van der Waals surface area contributed by atoms with Crippen LogP contribution in [0.1, 0.15) is 105 Å². The summed E-state index contributed by atoms with van der Waals surface area (Å²) >= 11 is 0. The van der Waals surface area contributed by atoms with Crippen LogP contribution in [0.15, 0.2) is 0 Å². The summed E-state index contributed by atoms with van der Waals surface area (Å²) in [6.45, 7) is 8.25. The average Bonchev–Trinajstić information content (AvgIpc) is 2.65. The van der Waals surface area contributed by atoms with E-state index in [1.807, 2.05) is 0 Å². The fourth-order valence-corrected chi connectivity index (χ4v) is 11.7. The summed E-state index contributed by atoms with van der Waals surface area (Å²) in [5, 5.41) is 0. The number of hydrogen-bond acceptors (Lipinski definition) is 0. The molecule has 0 radical (unpaired) electrons. The van der Waals surface area contributed by atoms with Gasteiger partial charge in [-0.1, -0.05) is 23.7 Å². The minimum Gasteiger partial charge on any atom is -0.106 e. The van der Waals surface area contributed by atoms with Gasteiger partial charge in [0, 0.05) is 21.7 Å². The Morgan fingerprint density at radius 2 is 0.688 bits per heavy atom. The molecule has 8 aliphatic carbocycles. The second kappa shape index (κ2) is 6.43.